The third-order valence-corrected chi connectivity index (χ3v) is 9.11. The van der Waals surface area contributed by atoms with E-state index in [1.807, 2.05) is 75.0 Å². The number of ether oxygens (including phenoxy) is 2. The highest BCUT2D eigenvalue weighted by Gasteiger charge is 2.30. The molecule has 6 rings (SSSR count). The Bertz CT molecular complexity index is 1760. The second-order valence-corrected chi connectivity index (χ2v) is 13.4. The fourth-order valence-corrected chi connectivity index (χ4v) is 6.76. The summed E-state index contributed by atoms with van der Waals surface area (Å²) in [6, 6.07) is 20.6. The summed E-state index contributed by atoms with van der Waals surface area (Å²) in [7, 11) is 1.97. The Morgan fingerprint density at radius 2 is 1.84 bits per heavy atom. The average Bonchev–Trinajstić information content (AvgIpc) is 3.77. The Hall–Kier alpha value is -4.04. The van der Waals surface area contributed by atoms with Crippen molar-refractivity contribution >= 4 is 44.3 Å². The largest absolute Gasteiger partial charge is 0.493 e. The summed E-state index contributed by atoms with van der Waals surface area (Å²) >= 11 is 1.66. The number of fused-ring (bicyclic) bond motifs is 2. The first-order valence-electron chi connectivity index (χ1n) is 15.0. The van der Waals surface area contributed by atoms with Crippen LogP contribution < -0.4 is 4.74 Å². The predicted octanol–water partition coefficient (Wildman–Crippen LogP) is 7.69. The van der Waals surface area contributed by atoms with Gasteiger partial charge in [-0.25, -0.2) is 4.79 Å². The zero-order valence-corrected chi connectivity index (χ0v) is 26.2. The van der Waals surface area contributed by atoms with Gasteiger partial charge in [0.25, 0.3) is 0 Å². The van der Waals surface area contributed by atoms with E-state index in [1.165, 1.54) is 5.56 Å². The van der Waals surface area contributed by atoms with Crippen LogP contribution in [0.2, 0.25) is 0 Å². The molecule has 1 saturated heterocycles. The lowest BCUT2D eigenvalue weighted by Crippen LogP contribution is -2.35. The van der Waals surface area contributed by atoms with Crippen LogP contribution >= 0.6 is 11.3 Å². The molecule has 2 aromatic carbocycles. The summed E-state index contributed by atoms with van der Waals surface area (Å²) in [5, 5.41) is 4.17. The fraction of sp³-hybridized carbons (Fsp3) is 0.371. The number of aryl methyl sites for hydroxylation is 3. The summed E-state index contributed by atoms with van der Waals surface area (Å²) in [6.45, 7) is 8.45. The zero-order valence-electron chi connectivity index (χ0n) is 25.3. The molecule has 4 heterocycles. The SMILES string of the molecule is Cn1c(C(=O)c2cn(CCCc3ccc(OCC4CCN(C(=O)OC(C)(C)C)C4)cc3)c3ccccc23)cc2ccsc21. The number of benzene rings is 2. The number of likely N-dealkylation sites (tertiary alicyclic amines) is 1. The maximum atomic E-state index is 13.7. The standard InChI is InChI=1S/C35H39N3O4S/c1-35(2,3)42-34(40)38-18-15-25(21-38)23-41-27-13-11-24(12-14-27)8-7-17-37-22-29(28-9-5-6-10-30(28)37)32(39)31-20-26-16-19-43-33(26)36(31)4/h5-6,9-14,16,19-20,22,25H,7-8,15,17-18,21,23H2,1-4H3. The van der Waals surface area contributed by atoms with Gasteiger partial charge < -0.3 is 23.5 Å². The number of thiophene rings is 1. The molecule has 8 heteroatoms. The minimum absolute atomic E-state index is 0.0617. The number of para-hydroxylation sites is 1. The van der Waals surface area contributed by atoms with Crippen molar-refractivity contribution in [1.29, 1.82) is 0 Å². The first-order valence-corrected chi connectivity index (χ1v) is 15.9. The molecule has 0 N–H and O–H groups in total. The molecule has 1 amide bonds. The lowest BCUT2D eigenvalue weighted by Gasteiger charge is -2.24. The van der Waals surface area contributed by atoms with Crippen LogP contribution in [-0.4, -0.2) is 51.2 Å². The number of carbonyl (C=O) groups excluding carboxylic acids is 2. The summed E-state index contributed by atoms with van der Waals surface area (Å²) in [4.78, 5) is 28.9. The molecule has 0 aliphatic carbocycles. The van der Waals surface area contributed by atoms with Crippen molar-refractivity contribution in [3.8, 4) is 5.75 Å². The third kappa shape index (κ3) is 6.34. The molecule has 1 fully saturated rings. The van der Waals surface area contributed by atoms with E-state index < -0.39 is 5.60 Å². The summed E-state index contributed by atoms with van der Waals surface area (Å²) in [5.74, 6) is 1.21. The second-order valence-electron chi connectivity index (χ2n) is 12.5. The van der Waals surface area contributed by atoms with Crippen molar-refractivity contribution in [2.45, 2.75) is 52.2 Å². The summed E-state index contributed by atoms with van der Waals surface area (Å²) in [6.07, 6.45) is 4.58. The van der Waals surface area contributed by atoms with Crippen molar-refractivity contribution < 1.29 is 19.1 Å². The van der Waals surface area contributed by atoms with E-state index in [0.717, 1.165) is 63.9 Å². The number of aromatic nitrogens is 2. The lowest BCUT2D eigenvalue weighted by atomic mass is 10.1. The molecular weight excluding hydrogens is 558 g/mol. The highest BCUT2D eigenvalue weighted by atomic mass is 32.1. The van der Waals surface area contributed by atoms with Gasteiger partial charge in [0.2, 0.25) is 5.78 Å². The van der Waals surface area contributed by atoms with Crippen molar-refractivity contribution in [2.75, 3.05) is 19.7 Å². The minimum Gasteiger partial charge on any atom is -0.493 e. The van der Waals surface area contributed by atoms with Crippen molar-refractivity contribution in [3.05, 3.63) is 89.1 Å². The molecule has 0 saturated carbocycles. The lowest BCUT2D eigenvalue weighted by molar-refractivity contribution is 0.0284. The van der Waals surface area contributed by atoms with Gasteiger partial charge in [-0.2, -0.15) is 0 Å². The van der Waals surface area contributed by atoms with E-state index in [-0.39, 0.29) is 11.9 Å². The number of amides is 1. The van der Waals surface area contributed by atoms with Crippen molar-refractivity contribution in [3.63, 3.8) is 0 Å². The van der Waals surface area contributed by atoms with Crippen LogP contribution in [0.3, 0.4) is 0 Å². The number of rotatable bonds is 9. The smallest absolute Gasteiger partial charge is 0.410 e. The molecule has 3 aromatic heterocycles. The number of hydrogen-bond donors (Lipinski definition) is 0. The van der Waals surface area contributed by atoms with Crippen molar-refractivity contribution in [2.24, 2.45) is 13.0 Å². The van der Waals surface area contributed by atoms with Crippen LogP contribution in [0.5, 0.6) is 5.75 Å². The Labute approximate surface area is 256 Å². The normalized spacial score (nSPS) is 15.4. The van der Waals surface area contributed by atoms with E-state index in [4.69, 9.17) is 9.47 Å². The van der Waals surface area contributed by atoms with Crippen LogP contribution in [0, 0.1) is 5.92 Å². The number of nitrogens with zero attached hydrogens (tertiary/aromatic N) is 3. The average molecular weight is 598 g/mol. The van der Waals surface area contributed by atoms with Gasteiger partial charge in [-0.1, -0.05) is 30.3 Å². The summed E-state index contributed by atoms with van der Waals surface area (Å²) < 4.78 is 15.8. The number of carbonyl (C=O) groups is 2. The van der Waals surface area contributed by atoms with Gasteiger partial charge in [0, 0.05) is 60.6 Å². The Morgan fingerprint density at radius 1 is 1.05 bits per heavy atom. The van der Waals surface area contributed by atoms with Gasteiger partial charge in [0.05, 0.1) is 12.3 Å². The van der Waals surface area contributed by atoms with Crippen LogP contribution in [0.1, 0.15) is 55.2 Å². The van der Waals surface area contributed by atoms with E-state index >= 15 is 0 Å². The molecule has 0 spiro atoms. The quantitative estimate of drug-likeness (QED) is 0.163. The maximum Gasteiger partial charge on any atom is 0.410 e. The highest BCUT2D eigenvalue weighted by Crippen LogP contribution is 2.29. The Balaban J connectivity index is 1.03. The van der Waals surface area contributed by atoms with Crippen LogP contribution in [0.25, 0.3) is 21.1 Å². The number of ketones is 1. The zero-order chi connectivity index (χ0) is 30.1. The molecule has 7 nitrogen and oxygen atoms in total. The Kier molecular flexibility index (Phi) is 8.05. The van der Waals surface area contributed by atoms with Gasteiger partial charge in [-0.05, 0) is 81.3 Å². The van der Waals surface area contributed by atoms with Gasteiger partial charge >= 0.3 is 6.09 Å². The van der Waals surface area contributed by atoms with E-state index in [1.54, 1.807) is 16.2 Å². The third-order valence-electron chi connectivity index (χ3n) is 8.11. The van der Waals surface area contributed by atoms with Crippen LogP contribution in [-0.2, 0) is 24.8 Å². The van der Waals surface area contributed by atoms with E-state index in [9.17, 15) is 9.59 Å². The van der Waals surface area contributed by atoms with Crippen molar-refractivity contribution in [1.82, 2.24) is 14.0 Å². The maximum absolute atomic E-state index is 13.7. The Morgan fingerprint density at radius 3 is 2.60 bits per heavy atom. The van der Waals surface area contributed by atoms with Gasteiger partial charge in [-0.15, -0.1) is 11.3 Å². The van der Waals surface area contributed by atoms with Gasteiger partial charge in [0.15, 0.2) is 0 Å². The summed E-state index contributed by atoms with van der Waals surface area (Å²) in [5.41, 5.74) is 3.33. The molecule has 1 aliphatic rings. The van der Waals surface area contributed by atoms with E-state index in [2.05, 4.69) is 34.2 Å². The molecule has 5 aromatic rings. The molecule has 224 valence electrons. The highest BCUT2D eigenvalue weighted by molar-refractivity contribution is 7.16. The molecule has 1 aliphatic heterocycles. The molecular formula is C35H39N3O4S. The first-order chi connectivity index (χ1) is 20.7. The predicted molar refractivity (Wildman–Crippen MR) is 172 cm³/mol. The molecule has 0 radical (unpaired) electrons. The molecule has 1 unspecified atom stereocenters. The van der Waals surface area contributed by atoms with Crippen LogP contribution in [0.4, 0.5) is 4.79 Å². The monoisotopic (exact) mass is 597 g/mol. The van der Waals surface area contributed by atoms with Gasteiger partial charge in [-0.3, -0.25) is 4.79 Å². The topological polar surface area (TPSA) is 65.7 Å². The molecule has 43 heavy (non-hydrogen) atoms. The minimum atomic E-state index is -0.481. The fourth-order valence-electron chi connectivity index (χ4n) is 5.90. The molecule has 1 atom stereocenters. The number of hydrogen-bond acceptors (Lipinski definition) is 5. The van der Waals surface area contributed by atoms with Gasteiger partial charge in [0.1, 0.15) is 16.2 Å². The van der Waals surface area contributed by atoms with E-state index in [0.29, 0.717) is 25.6 Å². The second kappa shape index (κ2) is 11.9. The first kappa shape index (κ1) is 29.1. The molecule has 0 bridgehead atoms. The van der Waals surface area contributed by atoms with Crippen LogP contribution in [0.15, 0.2) is 72.2 Å².